The largest absolute Gasteiger partial charge is 0.545 e. The Morgan fingerprint density at radius 3 is 1.06 bits per heavy atom. The van der Waals surface area contributed by atoms with E-state index in [4.69, 9.17) is 18.9 Å². The van der Waals surface area contributed by atoms with Crippen molar-refractivity contribution >= 4 is 17.9 Å². The summed E-state index contributed by atoms with van der Waals surface area (Å²) < 4.78 is 22.8. The second kappa shape index (κ2) is 62.8. The van der Waals surface area contributed by atoms with Crippen LogP contribution in [-0.4, -0.2) is 82.3 Å². The Hall–Kier alpha value is -3.27. The molecule has 470 valence electrons. The molecule has 0 saturated carbocycles. The number of carbonyl (C=O) groups excluding carboxylic acids is 3. The Labute approximate surface area is 500 Å². The van der Waals surface area contributed by atoms with Crippen LogP contribution in [0.1, 0.15) is 309 Å². The molecule has 0 spiro atoms. The van der Waals surface area contributed by atoms with Gasteiger partial charge in [-0.1, -0.05) is 286 Å². The molecule has 0 aliphatic carbocycles. The lowest BCUT2D eigenvalue weighted by Gasteiger charge is -2.26. The first-order valence-corrected chi connectivity index (χ1v) is 34.1. The molecule has 0 fully saturated rings. The third-order valence-electron chi connectivity index (χ3n) is 14.9. The van der Waals surface area contributed by atoms with Gasteiger partial charge in [-0.15, -0.1) is 0 Å². The number of allylic oxidation sites excluding steroid dienone is 12. The second-order valence-corrected chi connectivity index (χ2v) is 24.1. The van der Waals surface area contributed by atoms with Crippen LogP contribution in [0.25, 0.3) is 0 Å². The van der Waals surface area contributed by atoms with Gasteiger partial charge < -0.3 is 33.3 Å². The molecular weight excluding hydrogens is 1010 g/mol. The first-order chi connectivity index (χ1) is 39.6. The zero-order chi connectivity index (χ0) is 59.1. The molecule has 2 atom stereocenters. The van der Waals surface area contributed by atoms with Crippen LogP contribution in [0.3, 0.4) is 0 Å². The van der Waals surface area contributed by atoms with E-state index in [-0.39, 0.29) is 32.2 Å². The van der Waals surface area contributed by atoms with Gasteiger partial charge in [-0.25, -0.2) is 0 Å². The van der Waals surface area contributed by atoms with Gasteiger partial charge in [-0.05, 0) is 83.5 Å². The summed E-state index contributed by atoms with van der Waals surface area (Å²) in [6, 6.07) is 0. The monoisotopic (exact) mass is 1140 g/mol. The van der Waals surface area contributed by atoms with E-state index in [1.54, 1.807) is 0 Å². The Morgan fingerprint density at radius 2 is 0.704 bits per heavy atom. The number of ether oxygens (including phenoxy) is 4. The SMILES string of the molecule is CC/C=C\C/C=C\C/C=C\C/C=C\C/C=C\CCCCCCCCCCCC(=O)OC(COC(=O)CCCCCCCCCCCCCCCCCCCCC/C=C\CCCCCCCCCC)COC(OCC[N+](C)(C)C)C(=O)[O-]. The Bertz CT molecular complexity index is 1560. The van der Waals surface area contributed by atoms with Crippen molar-refractivity contribution in [2.24, 2.45) is 0 Å². The predicted molar refractivity (Wildman–Crippen MR) is 343 cm³/mol. The third-order valence-corrected chi connectivity index (χ3v) is 14.9. The number of carbonyl (C=O) groups is 3. The highest BCUT2D eigenvalue weighted by Gasteiger charge is 2.22. The summed E-state index contributed by atoms with van der Waals surface area (Å²) in [5.41, 5.74) is 0. The first-order valence-electron chi connectivity index (χ1n) is 34.1. The summed E-state index contributed by atoms with van der Waals surface area (Å²) in [4.78, 5) is 37.5. The van der Waals surface area contributed by atoms with Gasteiger partial charge in [0, 0.05) is 12.8 Å². The number of rotatable bonds is 63. The number of unbranched alkanes of at least 4 members (excludes halogenated alkanes) is 36. The van der Waals surface area contributed by atoms with Crippen molar-refractivity contribution in [3.63, 3.8) is 0 Å². The number of esters is 2. The van der Waals surface area contributed by atoms with E-state index in [2.05, 4.69) is 86.8 Å². The summed E-state index contributed by atoms with van der Waals surface area (Å²) in [5.74, 6) is -2.28. The number of nitrogens with zero attached hydrogens (tertiary/aromatic N) is 1. The highest BCUT2D eigenvalue weighted by atomic mass is 16.7. The molecule has 0 aromatic carbocycles. The van der Waals surface area contributed by atoms with Gasteiger partial charge in [-0.2, -0.15) is 0 Å². The Morgan fingerprint density at radius 1 is 0.383 bits per heavy atom. The minimum atomic E-state index is -1.63. The molecule has 0 bridgehead atoms. The van der Waals surface area contributed by atoms with Crippen molar-refractivity contribution in [2.75, 3.05) is 47.5 Å². The second-order valence-electron chi connectivity index (χ2n) is 24.1. The molecule has 0 aromatic heterocycles. The molecule has 0 aliphatic heterocycles. The molecular formula is C72H129NO8. The fraction of sp³-hybridized carbons (Fsp3) is 0.792. The summed E-state index contributed by atoms with van der Waals surface area (Å²) in [6.07, 6.45) is 79.8. The van der Waals surface area contributed by atoms with Gasteiger partial charge in [0.25, 0.3) is 0 Å². The van der Waals surface area contributed by atoms with Gasteiger partial charge in [0.2, 0.25) is 0 Å². The topological polar surface area (TPSA) is 111 Å². The highest BCUT2D eigenvalue weighted by Crippen LogP contribution is 2.18. The van der Waals surface area contributed by atoms with Gasteiger partial charge in [0.1, 0.15) is 13.2 Å². The quantitative estimate of drug-likeness (QED) is 0.0195. The van der Waals surface area contributed by atoms with Crippen LogP contribution in [-0.2, 0) is 33.3 Å². The molecule has 0 radical (unpaired) electrons. The average molecular weight is 1140 g/mol. The lowest BCUT2D eigenvalue weighted by Crippen LogP contribution is -2.44. The van der Waals surface area contributed by atoms with Crippen molar-refractivity contribution in [1.82, 2.24) is 0 Å². The van der Waals surface area contributed by atoms with E-state index >= 15 is 0 Å². The number of likely N-dealkylation sites (N-methyl/N-ethyl adjacent to an activating group) is 1. The summed E-state index contributed by atoms with van der Waals surface area (Å²) in [7, 11) is 5.93. The zero-order valence-corrected chi connectivity index (χ0v) is 53.7. The smallest absolute Gasteiger partial charge is 0.306 e. The fourth-order valence-electron chi connectivity index (χ4n) is 9.74. The number of quaternary nitrogens is 1. The standard InChI is InChI=1S/C72H129NO8/c1-6-8-10-12-14-16-18-20-22-24-26-28-30-32-33-34-35-36-37-39-40-42-44-46-48-50-52-54-56-58-60-62-69(74)79-66-68(67-80-72(71(76)77)78-65-64-73(3,4)5)81-70(75)63-61-59-57-55-53-51-49-47-45-43-41-38-31-29-27-25-23-21-19-17-15-13-11-9-7-2/h9,11,15,17,21,23-24,26-27,29,38,41,68,72H,6-8,10,12-14,16,18-20,22,25,28,30-37,39-40,42-67H2,1-5H3/b11-9-,17-15-,23-21-,26-24-,29-27-,41-38-. The normalized spacial score (nSPS) is 13.1. The third kappa shape index (κ3) is 64.1. The molecule has 81 heavy (non-hydrogen) atoms. The van der Waals surface area contributed by atoms with E-state index in [1.165, 1.54) is 199 Å². The van der Waals surface area contributed by atoms with Crippen LogP contribution >= 0.6 is 0 Å². The lowest BCUT2D eigenvalue weighted by molar-refractivity contribution is -0.870. The van der Waals surface area contributed by atoms with Crippen molar-refractivity contribution in [2.45, 2.75) is 322 Å². The molecule has 0 N–H and O–H groups in total. The van der Waals surface area contributed by atoms with Crippen molar-refractivity contribution in [1.29, 1.82) is 0 Å². The Kier molecular flexibility index (Phi) is 60.2. The molecule has 0 amide bonds. The maximum Gasteiger partial charge on any atom is 0.306 e. The molecule has 0 heterocycles. The van der Waals surface area contributed by atoms with Crippen LogP contribution in [0.2, 0.25) is 0 Å². The highest BCUT2D eigenvalue weighted by molar-refractivity contribution is 5.70. The van der Waals surface area contributed by atoms with Crippen molar-refractivity contribution in [3.05, 3.63) is 72.9 Å². The number of hydrogen-bond donors (Lipinski definition) is 0. The molecule has 0 rings (SSSR count). The number of aliphatic carboxylic acids is 1. The maximum atomic E-state index is 12.9. The average Bonchev–Trinajstić information content (AvgIpc) is 3.44. The number of carboxylic acids is 1. The number of hydrogen-bond acceptors (Lipinski definition) is 8. The summed E-state index contributed by atoms with van der Waals surface area (Å²) in [6.45, 7) is 4.66. The number of carboxylic acid groups (broad SMARTS) is 1. The van der Waals surface area contributed by atoms with E-state index in [1.807, 2.05) is 21.1 Å². The lowest BCUT2D eigenvalue weighted by atomic mass is 10.0. The van der Waals surface area contributed by atoms with Crippen LogP contribution in [0.15, 0.2) is 72.9 Å². The van der Waals surface area contributed by atoms with Crippen LogP contribution in [0.4, 0.5) is 0 Å². The van der Waals surface area contributed by atoms with Crippen molar-refractivity contribution < 1.29 is 42.9 Å². The van der Waals surface area contributed by atoms with Crippen LogP contribution in [0, 0.1) is 0 Å². The van der Waals surface area contributed by atoms with E-state index in [9.17, 15) is 19.5 Å². The maximum absolute atomic E-state index is 12.9. The van der Waals surface area contributed by atoms with Gasteiger partial charge in [0.15, 0.2) is 12.4 Å². The minimum Gasteiger partial charge on any atom is -0.545 e. The van der Waals surface area contributed by atoms with E-state index < -0.39 is 24.3 Å². The van der Waals surface area contributed by atoms with E-state index in [0.717, 1.165) is 77.0 Å². The fourth-order valence-corrected chi connectivity index (χ4v) is 9.74. The molecule has 9 nitrogen and oxygen atoms in total. The zero-order valence-electron chi connectivity index (χ0n) is 53.7. The summed E-state index contributed by atoms with van der Waals surface area (Å²) >= 11 is 0. The van der Waals surface area contributed by atoms with Gasteiger partial charge >= 0.3 is 11.9 Å². The van der Waals surface area contributed by atoms with Crippen LogP contribution in [0.5, 0.6) is 0 Å². The predicted octanol–water partition coefficient (Wildman–Crippen LogP) is 19.6. The summed E-state index contributed by atoms with van der Waals surface area (Å²) in [5, 5.41) is 11.8. The van der Waals surface area contributed by atoms with Gasteiger partial charge in [-0.3, -0.25) is 9.59 Å². The van der Waals surface area contributed by atoms with Gasteiger partial charge in [0.05, 0.1) is 40.3 Å². The molecule has 0 aliphatic rings. The minimum absolute atomic E-state index is 0.145. The molecule has 9 heteroatoms. The van der Waals surface area contributed by atoms with Crippen LogP contribution < -0.4 is 5.11 Å². The van der Waals surface area contributed by atoms with E-state index in [0.29, 0.717) is 23.9 Å². The first kappa shape index (κ1) is 77.7. The molecule has 2 unspecified atom stereocenters. The van der Waals surface area contributed by atoms with Crippen molar-refractivity contribution in [3.8, 4) is 0 Å². The molecule has 0 saturated heterocycles. The Balaban J connectivity index is 4.11. The molecule has 0 aromatic rings.